The summed E-state index contributed by atoms with van der Waals surface area (Å²) >= 11 is 1.48. The minimum absolute atomic E-state index is 0.0596. The minimum Gasteiger partial charge on any atom is -0.355 e. The second-order valence-corrected chi connectivity index (χ2v) is 8.10. The van der Waals surface area contributed by atoms with Crippen molar-refractivity contribution in [2.45, 2.75) is 32.6 Å². The van der Waals surface area contributed by atoms with E-state index >= 15 is 0 Å². The maximum Gasteiger partial charge on any atom is 0.276 e. The third kappa shape index (κ3) is 3.49. The van der Waals surface area contributed by atoms with Gasteiger partial charge in [0.15, 0.2) is 17.2 Å². The number of carbonyl (C=O) groups excluding carboxylic acids is 2. The summed E-state index contributed by atoms with van der Waals surface area (Å²) in [5.74, 6) is 0.742. The van der Waals surface area contributed by atoms with Crippen LogP contribution in [0.15, 0.2) is 23.0 Å². The van der Waals surface area contributed by atoms with E-state index in [2.05, 4.69) is 15.2 Å². The topological polar surface area (TPSA) is 94.1 Å². The highest BCUT2D eigenvalue weighted by atomic mass is 32.1. The molecule has 0 spiro atoms. The number of amides is 1. The number of hydrogen-bond donors (Lipinski definition) is 0. The summed E-state index contributed by atoms with van der Waals surface area (Å²) in [5, 5.41) is 9.03. The molecule has 0 radical (unpaired) electrons. The Bertz CT molecular complexity index is 1030. The van der Waals surface area contributed by atoms with Gasteiger partial charge in [0.1, 0.15) is 0 Å². The number of likely N-dealkylation sites (tertiary alicyclic amines) is 1. The van der Waals surface area contributed by atoms with E-state index in [9.17, 15) is 9.59 Å². The van der Waals surface area contributed by atoms with Crippen LogP contribution in [0.2, 0.25) is 0 Å². The molecule has 1 amide bonds. The highest BCUT2D eigenvalue weighted by Crippen LogP contribution is 2.33. The average molecular weight is 399 g/mol. The highest BCUT2D eigenvalue weighted by molar-refractivity contribution is 7.13. The van der Waals surface area contributed by atoms with Crippen molar-refractivity contribution < 1.29 is 14.1 Å². The van der Waals surface area contributed by atoms with E-state index in [-0.39, 0.29) is 17.6 Å². The molecule has 0 saturated carbocycles. The lowest BCUT2D eigenvalue weighted by Crippen LogP contribution is -2.38. The molecule has 28 heavy (non-hydrogen) atoms. The fraction of sp³-hybridized carbons (Fsp3) is 0.421. The van der Waals surface area contributed by atoms with E-state index in [0.717, 1.165) is 34.0 Å². The molecule has 0 unspecified atom stereocenters. The van der Waals surface area contributed by atoms with Crippen LogP contribution in [0.1, 0.15) is 56.5 Å². The van der Waals surface area contributed by atoms with Gasteiger partial charge in [-0.3, -0.25) is 14.3 Å². The van der Waals surface area contributed by atoms with Gasteiger partial charge in [-0.05, 0) is 19.8 Å². The summed E-state index contributed by atoms with van der Waals surface area (Å²) in [6.45, 7) is 4.71. The van der Waals surface area contributed by atoms with Crippen LogP contribution in [-0.2, 0) is 7.05 Å². The Hall–Kier alpha value is -2.81. The van der Waals surface area contributed by atoms with Crippen LogP contribution in [0.25, 0.3) is 11.3 Å². The third-order valence-electron chi connectivity index (χ3n) is 4.98. The second kappa shape index (κ2) is 7.31. The lowest BCUT2D eigenvalue weighted by atomic mass is 9.97. The van der Waals surface area contributed by atoms with Crippen molar-refractivity contribution >= 4 is 23.0 Å². The normalized spacial score (nSPS) is 15.2. The molecule has 3 aromatic heterocycles. The number of piperidine rings is 1. The molecule has 4 heterocycles. The smallest absolute Gasteiger partial charge is 0.276 e. The number of nitrogens with zero attached hydrogens (tertiary/aromatic N) is 5. The zero-order valence-corrected chi connectivity index (χ0v) is 16.8. The summed E-state index contributed by atoms with van der Waals surface area (Å²) in [6.07, 6.45) is 5.13. The zero-order chi connectivity index (χ0) is 19.8. The maximum absolute atomic E-state index is 12.8. The molecule has 1 aliphatic heterocycles. The van der Waals surface area contributed by atoms with E-state index < -0.39 is 0 Å². The van der Waals surface area contributed by atoms with Gasteiger partial charge >= 0.3 is 0 Å². The molecule has 0 bridgehead atoms. The van der Waals surface area contributed by atoms with Gasteiger partial charge in [-0.25, -0.2) is 4.98 Å². The largest absolute Gasteiger partial charge is 0.355 e. The maximum atomic E-state index is 12.8. The van der Waals surface area contributed by atoms with Crippen molar-refractivity contribution in [1.82, 2.24) is 24.8 Å². The van der Waals surface area contributed by atoms with Gasteiger partial charge in [0, 0.05) is 45.2 Å². The zero-order valence-electron chi connectivity index (χ0n) is 16.0. The average Bonchev–Trinajstić information content (AvgIpc) is 3.40. The van der Waals surface area contributed by atoms with E-state index in [1.807, 2.05) is 20.2 Å². The Morgan fingerprint density at radius 2 is 2.04 bits per heavy atom. The van der Waals surface area contributed by atoms with Gasteiger partial charge in [-0.1, -0.05) is 5.16 Å². The summed E-state index contributed by atoms with van der Waals surface area (Å²) in [5.41, 5.74) is 1.89. The van der Waals surface area contributed by atoms with Crippen LogP contribution < -0.4 is 0 Å². The number of aromatic nitrogens is 4. The molecule has 0 aromatic carbocycles. The number of aryl methyl sites for hydroxylation is 2. The lowest BCUT2D eigenvalue weighted by Gasteiger charge is -2.30. The monoisotopic (exact) mass is 399 g/mol. The highest BCUT2D eigenvalue weighted by Gasteiger charge is 2.29. The van der Waals surface area contributed by atoms with Crippen molar-refractivity contribution in [2.75, 3.05) is 13.1 Å². The lowest BCUT2D eigenvalue weighted by molar-refractivity contribution is 0.0702. The summed E-state index contributed by atoms with van der Waals surface area (Å²) in [7, 11) is 1.82. The quantitative estimate of drug-likeness (QED) is 0.626. The molecule has 0 atom stereocenters. The van der Waals surface area contributed by atoms with Gasteiger partial charge in [0.25, 0.3) is 5.91 Å². The number of carbonyl (C=O) groups is 2. The van der Waals surface area contributed by atoms with E-state index in [0.29, 0.717) is 24.5 Å². The van der Waals surface area contributed by atoms with Crippen LogP contribution in [0.5, 0.6) is 0 Å². The van der Waals surface area contributed by atoms with Crippen LogP contribution in [0.4, 0.5) is 0 Å². The summed E-state index contributed by atoms with van der Waals surface area (Å²) < 4.78 is 6.98. The SMILES string of the molecule is CC(=O)c1sc(C2CCN(C(=O)c3cc(-c4cnn(C)c4)on3)CC2)nc1C. The Morgan fingerprint density at radius 3 is 2.64 bits per heavy atom. The fourth-order valence-corrected chi connectivity index (χ4v) is 4.60. The molecule has 1 fully saturated rings. The predicted molar refractivity (Wildman–Crippen MR) is 103 cm³/mol. The van der Waals surface area contributed by atoms with E-state index in [1.165, 1.54) is 11.3 Å². The molecule has 1 saturated heterocycles. The minimum atomic E-state index is -0.128. The first kappa shape index (κ1) is 18.5. The van der Waals surface area contributed by atoms with Crippen molar-refractivity contribution in [3.63, 3.8) is 0 Å². The van der Waals surface area contributed by atoms with E-state index in [1.54, 1.807) is 28.8 Å². The Morgan fingerprint density at radius 1 is 1.29 bits per heavy atom. The molecular formula is C19H21N5O3S. The number of thiazole rings is 1. The van der Waals surface area contributed by atoms with Gasteiger partial charge in [-0.15, -0.1) is 11.3 Å². The number of Topliss-reactive ketones (excluding diaryl/α,β-unsaturated/α-hetero) is 1. The van der Waals surface area contributed by atoms with Crippen LogP contribution >= 0.6 is 11.3 Å². The first-order valence-electron chi connectivity index (χ1n) is 9.15. The van der Waals surface area contributed by atoms with Crippen LogP contribution in [-0.4, -0.2) is 49.6 Å². The van der Waals surface area contributed by atoms with Gasteiger partial charge in [0.2, 0.25) is 0 Å². The third-order valence-corrected chi connectivity index (χ3v) is 6.40. The molecule has 1 aliphatic rings. The first-order valence-corrected chi connectivity index (χ1v) is 9.97. The van der Waals surface area contributed by atoms with Gasteiger partial charge in [-0.2, -0.15) is 5.10 Å². The predicted octanol–water partition coefficient (Wildman–Crippen LogP) is 3.06. The molecule has 9 heteroatoms. The van der Waals surface area contributed by atoms with Crippen LogP contribution in [0, 0.1) is 6.92 Å². The molecule has 4 rings (SSSR count). The molecule has 3 aromatic rings. The second-order valence-electron chi connectivity index (χ2n) is 7.07. The Kier molecular flexibility index (Phi) is 4.84. The summed E-state index contributed by atoms with van der Waals surface area (Å²) in [6, 6.07) is 1.66. The van der Waals surface area contributed by atoms with Gasteiger partial charge < -0.3 is 9.42 Å². The Labute approximate surface area is 166 Å². The molecular weight excluding hydrogens is 378 g/mol. The Balaban J connectivity index is 1.41. The van der Waals surface area contributed by atoms with Crippen molar-refractivity contribution in [3.05, 3.63) is 39.7 Å². The van der Waals surface area contributed by atoms with Crippen molar-refractivity contribution in [1.29, 1.82) is 0 Å². The van der Waals surface area contributed by atoms with E-state index in [4.69, 9.17) is 4.52 Å². The molecule has 146 valence electrons. The molecule has 8 nitrogen and oxygen atoms in total. The first-order chi connectivity index (χ1) is 13.4. The van der Waals surface area contributed by atoms with Crippen molar-refractivity contribution in [3.8, 4) is 11.3 Å². The van der Waals surface area contributed by atoms with Crippen molar-refractivity contribution in [2.24, 2.45) is 7.05 Å². The summed E-state index contributed by atoms with van der Waals surface area (Å²) in [4.78, 5) is 31.5. The number of rotatable bonds is 4. The number of hydrogen-bond acceptors (Lipinski definition) is 7. The van der Waals surface area contributed by atoms with Gasteiger partial charge in [0.05, 0.1) is 27.3 Å². The standard InChI is InChI=1S/C19H21N5O3S/c1-11-17(12(2)25)28-18(21-11)13-4-6-24(7-5-13)19(26)15-8-16(27-22-15)14-9-20-23(3)10-14/h8-10,13H,4-7H2,1-3H3. The fourth-order valence-electron chi connectivity index (χ4n) is 3.47. The number of ketones is 1. The van der Waals surface area contributed by atoms with Crippen LogP contribution in [0.3, 0.4) is 0 Å². The molecule has 0 N–H and O–H groups in total. The molecule has 0 aliphatic carbocycles.